The van der Waals surface area contributed by atoms with E-state index < -0.39 is 0 Å². The highest BCUT2D eigenvalue weighted by Gasteiger charge is 2.21. The van der Waals surface area contributed by atoms with Gasteiger partial charge in [-0.1, -0.05) is 12.1 Å². The number of H-pyrrole nitrogens is 1. The van der Waals surface area contributed by atoms with E-state index in [0.717, 1.165) is 33.2 Å². The molecule has 7 nitrogen and oxygen atoms in total. The van der Waals surface area contributed by atoms with Crippen molar-refractivity contribution in [3.05, 3.63) is 47.7 Å². The van der Waals surface area contributed by atoms with Crippen LogP contribution in [0.15, 0.2) is 46.3 Å². The van der Waals surface area contributed by atoms with E-state index in [-0.39, 0.29) is 0 Å². The molecule has 5 heterocycles. The van der Waals surface area contributed by atoms with Gasteiger partial charge < -0.3 is 9.40 Å². The van der Waals surface area contributed by atoms with Gasteiger partial charge in [0.2, 0.25) is 5.89 Å². The molecule has 1 N–H and O–H groups in total. The molecule has 0 atom stereocenters. The van der Waals surface area contributed by atoms with Gasteiger partial charge in [0.25, 0.3) is 0 Å². The maximum Gasteiger partial charge on any atom is 0.237 e. The third kappa shape index (κ3) is 2.26. The van der Waals surface area contributed by atoms with Crippen LogP contribution in [0.5, 0.6) is 0 Å². The van der Waals surface area contributed by atoms with E-state index in [2.05, 4.69) is 25.0 Å². The number of pyridine rings is 1. The number of rotatable bonds is 3. The van der Waals surface area contributed by atoms with Crippen LogP contribution in [0.1, 0.15) is 5.76 Å². The third-order valence-corrected chi connectivity index (χ3v) is 5.00. The predicted octanol–water partition coefficient (Wildman–Crippen LogP) is 4.05. The molecule has 5 aromatic rings. The summed E-state index contributed by atoms with van der Waals surface area (Å²) in [5.41, 5.74) is 3.85. The lowest BCUT2D eigenvalue weighted by atomic mass is 10.2. The average molecular weight is 362 g/mol. The molecular weight excluding hydrogens is 348 g/mol. The Kier molecular flexibility index (Phi) is 3.26. The Hall–Kier alpha value is -3.26. The molecule has 0 radical (unpaired) electrons. The van der Waals surface area contributed by atoms with Gasteiger partial charge in [0, 0.05) is 13.2 Å². The lowest BCUT2D eigenvalue weighted by Crippen LogP contribution is -1.93. The molecule has 0 saturated carbocycles. The van der Waals surface area contributed by atoms with Crippen molar-refractivity contribution >= 4 is 22.5 Å². The number of oxazole rings is 1. The fraction of sp³-hybridized carbons (Fsp3) is 0.111. The van der Waals surface area contributed by atoms with Gasteiger partial charge in [-0.2, -0.15) is 5.10 Å². The van der Waals surface area contributed by atoms with Gasteiger partial charge in [-0.3, -0.25) is 4.98 Å². The summed E-state index contributed by atoms with van der Waals surface area (Å²) < 4.78 is 7.58. The van der Waals surface area contributed by atoms with Crippen molar-refractivity contribution in [2.24, 2.45) is 7.05 Å². The van der Waals surface area contributed by atoms with Crippen LogP contribution < -0.4 is 0 Å². The summed E-state index contributed by atoms with van der Waals surface area (Å²) in [4.78, 5) is 18.0. The smallest absolute Gasteiger partial charge is 0.237 e. The number of imidazole rings is 1. The van der Waals surface area contributed by atoms with Crippen LogP contribution in [-0.2, 0) is 7.05 Å². The number of aromatic nitrogens is 6. The standard InChI is InChI=1S/C18H14N6OS/c1-10-13(21-18(25-10)12-7-5-9-26-12)16-20-15-14(11-6-3-4-8-19-11)23-24(2)17(15)22-16/h3-9H,1-2H3,(H,20,22). The van der Waals surface area contributed by atoms with Gasteiger partial charge in [-0.15, -0.1) is 11.3 Å². The van der Waals surface area contributed by atoms with E-state index in [1.54, 1.807) is 22.2 Å². The van der Waals surface area contributed by atoms with Crippen molar-refractivity contribution in [3.63, 3.8) is 0 Å². The number of nitrogens with zero attached hydrogens (tertiary/aromatic N) is 5. The normalized spacial score (nSPS) is 11.5. The molecule has 8 heteroatoms. The number of thiophene rings is 1. The maximum absolute atomic E-state index is 5.84. The van der Waals surface area contributed by atoms with Crippen LogP contribution >= 0.6 is 11.3 Å². The first-order chi connectivity index (χ1) is 12.7. The molecule has 0 aliphatic heterocycles. The molecule has 0 spiro atoms. The summed E-state index contributed by atoms with van der Waals surface area (Å²) in [7, 11) is 1.87. The molecule has 0 saturated heterocycles. The van der Waals surface area contributed by atoms with Crippen LogP contribution in [0, 0.1) is 6.92 Å². The lowest BCUT2D eigenvalue weighted by molar-refractivity contribution is 0.544. The van der Waals surface area contributed by atoms with E-state index in [1.807, 2.05) is 49.7 Å². The molecule has 26 heavy (non-hydrogen) atoms. The number of fused-ring (bicyclic) bond motifs is 1. The minimum atomic E-state index is 0.607. The maximum atomic E-state index is 5.84. The van der Waals surface area contributed by atoms with E-state index in [9.17, 15) is 0 Å². The molecule has 5 aromatic heterocycles. The second kappa shape index (κ2) is 5.63. The van der Waals surface area contributed by atoms with Crippen molar-refractivity contribution < 1.29 is 4.42 Å². The zero-order valence-electron chi connectivity index (χ0n) is 14.1. The largest absolute Gasteiger partial charge is 0.440 e. The lowest BCUT2D eigenvalue weighted by Gasteiger charge is -1.95. The SMILES string of the molecule is Cc1oc(-c2cccs2)nc1-c1nc2c([nH]1)c(-c1ccccn1)nn2C. The third-order valence-electron chi connectivity index (χ3n) is 4.14. The van der Waals surface area contributed by atoms with Gasteiger partial charge in [0.15, 0.2) is 11.5 Å². The molecule has 0 fully saturated rings. The molecule has 128 valence electrons. The van der Waals surface area contributed by atoms with Crippen molar-refractivity contribution in [2.45, 2.75) is 6.92 Å². The first-order valence-electron chi connectivity index (χ1n) is 8.06. The van der Waals surface area contributed by atoms with E-state index in [1.165, 1.54) is 0 Å². The highest BCUT2D eigenvalue weighted by molar-refractivity contribution is 7.13. The molecule has 0 aliphatic rings. The summed E-state index contributed by atoms with van der Waals surface area (Å²) in [5.74, 6) is 1.99. The Morgan fingerprint density at radius 1 is 1.12 bits per heavy atom. The Morgan fingerprint density at radius 3 is 2.81 bits per heavy atom. The first-order valence-corrected chi connectivity index (χ1v) is 8.94. The van der Waals surface area contributed by atoms with Gasteiger partial charge in [-0.25, -0.2) is 14.6 Å². The summed E-state index contributed by atoms with van der Waals surface area (Å²) in [6.07, 6.45) is 1.75. The predicted molar refractivity (Wildman–Crippen MR) is 99.6 cm³/mol. The summed E-state index contributed by atoms with van der Waals surface area (Å²) >= 11 is 1.59. The van der Waals surface area contributed by atoms with E-state index in [4.69, 9.17) is 4.42 Å². The Balaban J connectivity index is 1.65. The van der Waals surface area contributed by atoms with Crippen LogP contribution in [0.25, 0.3) is 44.8 Å². The highest BCUT2D eigenvalue weighted by atomic mass is 32.1. The number of hydrogen-bond donors (Lipinski definition) is 1. The number of aryl methyl sites for hydroxylation is 2. The highest BCUT2D eigenvalue weighted by Crippen LogP contribution is 2.32. The van der Waals surface area contributed by atoms with E-state index in [0.29, 0.717) is 17.4 Å². The monoisotopic (exact) mass is 362 g/mol. The minimum Gasteiger partial charge on any atom is -0.440 e. The van der Waals surface area contributed by atoms with Crippen LogP contribution in [0.3, 0.4) is 0 Å². The van der Waals surface area contributed by atoms with Crippen molar-refractivity contribution in [2.75, 3.05) is 0 Å². The van der Waals surface area contributed by atoms with Crippen molar-refractivity contribution in [1.82, 2.24) is 29.7 Å². The quantitative estimate of drug-likeness (QED) is 0.523. The van der Waals surface area contributed by atoms with E-state index >= 15 is 0 Å². The number of aromatic amines is 1. The Labute approximate surface area is 152 Å². The molecular formula is C18H14N6OS. The number of hydrogen-bond acceptors (Lipinski definition) is 6. The Morgan fingerprint density at radius 2 is 2.04 bits per heavy atom. The topological polar surface area (TPSA) is 85.4 Å². The molecule has 0 unspecified atom stereocenters. The van der Waals surface area contributed by atoms with Crippen LogP contribution in [0.2, 0.25) is 0 Å². The molecule has 0 bridgehead atoms. The molecule has 0 aliphatic carbocycles. The van der Waals surface area contributed by atoms with Crippen molar-refractivity contribution in [3.8, 4) is 33.7 Å². The first kappa shape index (κ1) is 15.0. The molecule has 0 aromatic carbocycles. The van der Waals surface area contributed by atoms with Gasteiger partial charge in [0.05, 0.1) is 10.6 Å². The fourth-order valence-corrected chi connectivity index (χ4v) is 3.58. The van der Waals surface area contributed by atoms with Gasteiger partial charge in [0.1, 0.15) is 22.7 Å². The number of nitrogens with one attached hydrogen (secondary N) is 1. The Bertz CT molecular complexity index is 1200. The second-order valence-electron chi connectivity index (χ2n) is 5.87. The average Bonchev–Trinajstić information content (AvgIpc) is 3.41. The molecule has 5 rings (SSSR count). The zero-order chi connectivity index (χ0) is 17.7. The summed E-state index contributed by atoms with van der Waals surface area (Å²) in [6.45, 7) is 1.89. The molecule has 0 amide bonds. The van der Waals surface area contributed by atoms with Gasteiger partial charge >= 0.3 is 0 Å². The fourth-order valence-electron chi connectivity index (χ4n) is 2.93. The second-order valence-corrected chi connectivity index (χ2v) is 6.82. The van der Waals surface area contributed by atoms with Crippen LogP contribution in [0.4, 0.5) is 0 Å². The zero-order valence-corrected chi connectivity index (χ0v) is 14.9. The van der Waals surface area contributed by atoms with Crippen LogP contribution in [-0.4, -0.2) is 29.7 Å². The summed E-state index contributed by atoms with van der Waals surface area (Å²) in [6, 6.07) is 9.72. The van der Waals surface area contributed by atoms with Gasteiger partial charge in [-0.05, 0) is 30.5 Å². The summed E-state index contributed by atoms with van der Waals surface area (Å²) in [5, 5.41) is 6.54. The minimum absolute atomic E-state index is 0.607. The van der Waals surface area contributed by atoms with Crippen molar-refractivity contribution in [1.29, 1.82) is 0 Å².